The molecular formula is C19H16N6OS. The van der Waals surface area contributed by atoms with Gasteiger partial charge >= 0.3 is 0 Å². The molecule has 4 aromatic rings. The lowest BCUT2D eigenvalue weighted by molar-refractivity contribution is 0.102. The van der Waals surface area contributed by atoms with E-state index in [-0.39, 0.29) is 5.91 Å². The van der Waals surface area contributed by atoms with E-state index in [4.69, 9.17) is 0 Å². The van der Waals surface area contributed by atoms with Crippen LogP contribution in [-0.4, -0.2) is 36.5 Å². The molecule has 0 fully saturated rings. The fraction of sp³-hybridized carbons (Fsp3) is 0.0526. The van der Waals surface area contributed by atoms with Gasteiger partial charge in [-0.25, -0.2) is 14.6 Å². The van der Waals surface area contributed by atoms with E-state index in [9.17, 15) is 4.79 Å². The van der Waals surface area contributed by atoms with Crippen molar-refractivity contribution in [3.05, 3.63) is 79.1 Å². The fourth-order valence-corrected chi connectivity index (χ4v) is 3.21. The van der Waals surface area contributed by atoms with Crippen LogP contribution in [0.1, 0.15) is 10.4 Å². The second-order valence-corrected chi connectivity index (χ2v) is 6.45. The molecule has 0 radical (unpaired) electrons. The molecule has 8 heteroatoms. The van der Waals surface area contributed by atoms with Crippen molar-refractivity contribution in [3.8, 4) is 11.4 Å². The molecule has 27 heavy (non-hydrogen) atoms. The van der Waals surface area contributed by atoms with Gasteiger partial charge in [-0.05, 0) is 48.7 Å². The first kappa shape index (κ1) is 17.0. The van der Waals surface area contributed by atoms with Gasteiger partial charge in [0.2, 0.25) is 0 Å². The van der Waals surface area contributed by atoms with Gasteiger partial charge in [-0.2, -0.15) is 5.10 Å². The standard InChI is InChI=1S/C19H16N6OS/c1-27-19-21-9-10-24(19)17-4-2-3-14(11-17)18(26)23-15-5-7-16(8-6-15)25-13-20-12-22-25/h2-13H,1H3,(H,23,26). The van der Waals surface area contributed by atoms with Crippen LogP contribution < -0.4 is 5.32 Å². The molecule has 0 spiro atoms. The lowest BCUT2D eigenvalue weighted by Crippen LogP contribution is -2.12. The number of anilines is 1. The van der Waals surface area contributed by atoms with Gasteiger partial charge in [-0.15, -0.1) is 0 Å². The minimum Gasteiger partial charge on any atom is -0.322 e. The molecule has 0 bridgehead atoms. The summed E-state index contributed by atoms with van der Waals surface area (Å²) < 4.78 is 3.61. The van der Waals surface area contributed by atoms with Gasteiger partial charge in [0, 0.05) is 29.3 Å². The van der Waals surface area contributed by atoms with Crippen LogP contribution in [0.4, 0.5) is 5.69 Å². The number of rotatable bonds is 5. The molecule has 0 saturated heterocycles. The summed E-state index contributed by atoms with van der Waals surface area (Å²) in [7, 11) is 0. The Morgan fingerprint density at radius 2 is 1.96 bits per heavy atom. The van der Waals surface area contributed by atoms with Crippen LogP contribution in [0.15, 0.2) is 78.7 Å². The lowest BCUT2D eigenvalue weighted by atomic mass is 10.1. The Morgan fingerprint density at radius 3 is 2.70 bits per heavy atom. The number of thioether (sulfide) groups is 1. The second-order valence-electron chi connectivity index (χ2n) is 5.68. The van der Waals surface area contributed by atoms with Crippen LogP contribution in [0.25, 0.3) is 11.4 Å². The van der Waals surface area contributed by atoms with E-state index in [2.05, 4.69) is 20.4 Å². The number of nitrogens with one attached hydrogen (secondary N) is 1. The van der Waals surface area contributed by atoms with Crippen molar-refractivity contribution in [2.24, 2.45) is 0 Å². The fourth-order valence-electron chi connectivity index (χ4n) is 2.68. The number of hydrogen-bond donors (Lipinski definition) is 1. The van der Waals surface area contributed by atoms with E-state index in [1.54, 1.807) is 35.0 Å². The Bertz CT molecular complexity index is 1060. The maximum absolute atomic E-state index is 12.6. The van der Waals surface area contributed by atoms with Gasteiger partial charge in [0.1, 0.15) is 12.7 Å². The summed E-state index contributed by atoms with van der Waals surface area (Å²) in [5.41, 5.74) is 3.05. The summed E-state index contributed by atoms with van der Waals surface area (Å²) in [5, 5.41) is 7.87. The molecule has 0 atom stereocenters. The second kappa shape index (κ2) is 7.46. The summed E-state index contributed by atoms with van der Waals surface area (Å²) in [6.45, 7) is 0. The molecule has 1 N–H and O–H groups in total. The van der Waals surface area contributed by atoms with Gasteiger partial charge in [-0.1, -0.05) is 17.8 Å². The molecule has 0 saturated carbocycles. The lowest BCUT2D eigenvalue weighted by Gasteiger charge is -2.10. The zero-order valence-corrected chi connectivity index (χ0v) is 15.3. The maximum Gasteiger partial charge on any atom is 0.255 e. The Labute approximate surface area is 160 Å². The van der Waals surface area contributed by atoms with Gasteiger partial charge in [-0.3, -0.25) is 9.36 Å². The molecule has 0 aliphatic rings. The zero-order valence-electron chi connectivity index (χ0n) is 14.5. The molecule has 0 aliphatic carbocycles. The predicted molar refractivity (Wildman–Crippen MR) is 105 cm³/mol. The average Bonchev–Trinajstić information content (AvgIpc) is 3.40. The van der Waals surface area contributed by atoms with Crippen LogP contribution in [0.5, 0.6) is 0 Å². The summed E-state index contributed by atoms with van der Waals surface area (Å²) in [6.07, 6.45) is 8.70. The number of imidazole rings is 1. The number of benzene rings is 2. The Hall–Kier alpha value is -3.39. The molecular weight excluding hydrogens is 360 g/mol. The van der Waals surface area contributed by atoms with E-state index in [1.807, 2.05) is 59.5 Å². The molecule has 1 amide bonds. The topological polar surface area (TPSA) is 77.6 Å². The number of carbonyl (C=O) groups excluding carboxylic acids is 1. The van der Waals surface area contributed by atoms with Gasteiger partial charge in [0.15, 0.2) is 5.16 Å². The normalized spacial score (nSPS) is 10.7. The van der Waals surface area contributed by atoms with Crippen molar-refractivity contribution >= 4 is 23.4 Å². The van der Waals surface area contributed by atoms with Crippen molar-refractivity contribution < 1.29 is 4.79 Å². The first-order valence-electron chi connectivity index (χ1n) is 8.19. The molecule has 134 valence electrons. The summed E-state index contributed by atoms with van der Waals surface area (Å²) in [6, 6.07) is 14.9. The van der Waals surface area contributed by atoms with Crippen molar-refractivity contribution in [2.75, 3.05) is 11.6 Å². The number of hydrogen-bond acceptors (Lipinski definition) is 5. The van der Waals surface area contributed by atoms with Gasteiger partial charge in [0.05, 0.1) is 5.69 Å². The highest BCUT2D eigenvalue weighted by Gasteiger charge is 2.10. The van der Waals surface area contributed by atoms with Gasteiger partial charge < -0.3 is 5.32 Å². The number of nitrogens with zero attached hydrogens (tertiary/aromatic N) is 5. The number of carbonyl (C=O) groups is 1. The predicted octanol–water partition coefficient (Wildman–Crippen LogP) is 3.43. The first-order valence-corrected chi connectivity index (χ1v) is 9.41. The molecule has 2 aromatic carbocycles. The van der Waals surface area contributed by atoms with E-state index in [0.717, 1.165) is 16.5 Å². The third-order valence-electron chi connectivity index (χ3n) is 3.98. The van der Waals surface area contributed by atoms with Crippen LogP contribution in [0, 0.1) is 0 Å². The van der Waals surface area contributed by atoms with Gasteiger partial charge in [0.25, 0.3) is 5.91 Å². The minimum absolute atomic E-state index is 0.170. The molecule has 2 aromatic heterocycles. The molecule has 2 heterocycles. The minimum atomic E-state index is -0.170. The quantitative estimate of drug-likeness (QED) is 0.540. The SMILES string of the molecule is CSc1nccn1-c1cccc(C(=O)Nc2ccc(-n3cncn3)cc2)c1. The van der Waals surface area contributed by atoms with E-state index >= 15 is 0 Å². The molecule has 4 rings (SSSR count). The first-order chi connectivity index (χ1) is 13.2. The van der Waals surface area contributed by atoms with E-state index in [0.29, 0.717) is 11.3 Å². The monoisotopic (exact) mass is 376 g/mol. The summed E-state index contributed by atoms with van der Waals surface area (Å²) in [5.74, 6) is -0.170. The summed E-state index contributed by atoms with van der Waals surface area (Å²) >= 11 is 1.55. The summed E-state index contributed by atoms with van der Waals surface area (Å²) in [4.78, 5) is 20.9. The highest BCUT2D eigenvalue weighted by Crippen LogP contribution is 2.20. The van der Waals surface area contributed by atoms with Crippen molar-refractivity contribution in [1.82, 2.24) is 24.3 Å². The third-order valence-corrected chi connectivity index (χ3v) is 4.65. The molecule has 0 unspecified atom stereocenters. The Balaban J connectivity index is 1.52. The Morgan fingerprint density at radius 1 is 1.11 bits per heavy atom. The smallest absolute Gasteiger partial charge is 0.255 e. The van der Waals surface area contributed by atoms with E-state index in [1.165, 1.54) is 6.33 Å². The van der Waals surface area contributed by atoms with Crippen LogP contribution in [-0.2, 0) is 0 Å². The van der Waals surface area contributed by atoms with Crippen LogP contribution in [0.3, 0.4) is 0 Å². The molecule has 7 nitrogen and oxygen atoms in total. The van der Waals surface area contributed by atoms with Crippen LogP contribution >= 0.6 is 11.8 Å². The maximum atomic E-state index is 12.6. The third kappa shape index (κ3) is 3.61. The number of aromatic nitrogens is 5. The highest BCUT2D eigenvalue weighted by atomic mass is 32.2. The van der Waals surface area contributed by atoms with Crippen LogP contribution in [0.2, 0.25) is 0 Å². The average molecular weight is 376 g/mol. The largest absolute Gasteiger partial charge is 0.322 e. The molecule has 0 aliphatic heterocycles. The highest BCUT2D eigenvalue weighted by molar-refractivity contribution is 7.98. The zero-order chi connectivity index (χ0) is 18.6. The van der Waals surface area contributed by atoms with E-state index < -0.39 is 0 Å². The van der Waals surface area contributed by atoms with Crippen molar-refractivity contribution in [1.29, 1.82) is 0 Å². The Kier molecular flexibility index (Phi) is 4.71. The number of amides is 1. The van der Waals surface area contributed by atoms with Crippen molar-refractivity contribution in [2.45, 2.75) is 5.16 Å². The van der Waals surface area contributed by atoms with Crippen molar-refractivity contribution in [3.63, 3.8) is 0 Å².